The van der Waals surface area contributed by atoms with Crippen molar-refractivity contribution in [2.75, 3.05) is 6.61 Å². The standard InChI is InChI=1S/C16H26FNO/c1-3-5-6-7-12-19-16(15(18)4-2)13-8-10-14(17)11-9-13/h8-11,15-16H,3-7,12,18H2,1-2H3. The lowest BCUT2D eigenvalue weighted by atomic mass is 10.0. The Morgan fingerprint density at radius 2 is 1.79 bits per heavy atom. The minimum atomic E-state index is -0.226. The molecular formula is C16H26FNO. The maximum atomic E-state index is 13.0. The van der Waals surface area contributed by atoms with E-state index in [1.807, 2.05) is 6.92 Å². The van der Waals surface area contributed by atoms with Crippen LogP contribution in [-0.2, 0) is 4.74 Å². The van der Waals surface area contributed by atoms with Gasteiger partial charge in [-0.25, -0.2) is 4.39 Å². The van der Waals surface area contributed by atoms with E-state index in [9.17, 15) is 4.39 Å². The van der Waals surface area contributed by atoms with E-state index in [0.29, 0.717) is 0 Å². The molecule has 2 unspecified atom stereocenters. The third-order valence-electron chi connectivity index (χ3n) is 3.35. The van der Waals surface area contributed by atoms with Gasteiger partial charge < -0.3 is 10.5 Å². The average Bonchev–Trinajstić information content (AvgIpc) is 2.43. The van der Waals surface area contributed by atoms with Crippen molar-refractivity contribution in [1.82, 2.24) is 0 Å². The van der Waals surface area contributed by atoms with Crippen LogP contribution in [0.3, 0.4) is 0 Å². The molecule has 0 fully saturated rings. The first-order valence-electron chi connectivity index (χ1n) is 7.31. The monoisotopic (exact) mass is 267 g/mol. The molecule has 0 amide bonds. The average molecular weight is 267 g/mol. The van der Waals surface area contributed by atoms with Crippen LogP contribution in [0.5, 0.6) is 0 Å². The fourth-order valence-corrected chi connectivity index (χ4v) is 2.07. The summed E-state index contributed by atoms with van der Waals surface area (Å²) in [5, 5.41) is 0. The van der Waals surface area contributed by atoms with Gasteiger partial charge in [0.05, 0.1) is 6.10 Å². The van der Waals surface area contributed by atoms with Gasteiger partial charge in [0, 0.05) is 12.6 Å². The summed E-state index contributed by atoms with van der Waals surface area (Å²) in [4.78, 5) is 0. The highest BCUT2D eigenvalue weighted by Crippen LogP contribution is 2.23. The van der Waals surface area contributed by atoms with Crippen molar-refractivity contribution in [2.45, 2.75) is 58.1 Å². The van der Waals surface area contributed by atoms with Crippen LogP contribution in [-0.4, -0.2) is 12.6 Å². The summed E-state index contributed by atoms with van der Waals surface area (Å²) >= 11 is 0. The lowest BCUT2D eigenvalue weighted by Gasteiger charge is -2.24. The van der Waals surface area contributed by atoms with Crippen molar-refractivity contribution in [2.24, 2.45) is 5.73 Å². The van der Waals surface area contributed by atoms with E-state index in [0.717, 1.165) is 25.0 Å². The van der Waals surface area contributed by atoms with Crippen LogP contribution >= 0.6 is 0 Å². The summed E-state index contributed by atoms with van der Waals surface area (Å²) in [5.74, 6) is -0.226. The summed E-state index contributed by atoms with van der Waals surface area (Å²) in [6.07, 6.45) is 5.42. The molecule has 3 heteroatoms. The molecule has 0 aliphatic heterocycles. The molecule has 1 rings (SSSR count). The molecule has 1 aromatic rings. The van der Waals surface area contributed by atoms with Gasteiger partial charge in [-0.3, -0.25) is 0 Å². The molecule has 0 aliphatic rings. The van der Waals surface area contributed by atoms with Gasteiger partial charge in [-0.2, -0.15) is 0 Å². The Morgan fingerprint density at radius 1 is 1.11 bits per heavy atom. The molecule has 2 atom stereocenters. The maximum Gasteiger partial charge on any atom is 0.123 e. The van der Waals surface area contributed by atoms with E-state index in [1.165, 1.54) is 31.4 Å². The third kappa shape index (κ3) is 5.70. The summed E-state index contributed by atoms with van der Waals surface area (Å²) in [5.41, 5.74) is 7.07. The first kappa shape index (κ1) is 16.1. The van der Waals surface area contributed by atoms with Gasteiger partial charge in [-0.15, -0.1) is 0 Å². The largest absolute Gasteiger partial charge is 0.372 e. The Morgan fingerprint density at radius 3 is 2.37 bits per heavy atom. The zero-order chi connectivity index (χ0) is 14.1. The molecule has 108 valence electrons. The molecule has 2 N–H and O–H groups in total. The highest BCUT2D eigenvalue weighted by molar-refractivity contribution is 5.20. The molecule has 0 saturated heterocycles. The fraction of sp³-hybridized carbons (Fsp3) is 0.625. The Bertz CT molecular complexity index is 339. The fourth-order valence-electron chi connectivity index (χ4n) is 2.07. The molecule has 19 heavy (non-hydrogen) atoms. The highest BCUT2D eigenvalue weighted by Gasteiger charge is 2.19. The van der Waals surface area contributed by atoms with E-state index in [1.54, 1.807) is 12.1 Å². The van der Waals surface area contributed by atoms with Gasteiger partial charge in [0.25, 0.3) is 0 Å². The van der Waals surface area contributed by atoms with Crippen LogP contribution in [0.25, 0.3) is 0 Å². The number of unbranched alkanes of at least 4 members (excludes halogenated alkanes) is 3. The van der Waals surface area contributed by atoms with Gasteiger partial charge in [-0.05, 0) is 30.5 Å². The van der Waals surface area contributed by atoms with Crippen molar-refractivity contribution in [1.29, 1.82) is 0 Å². The van der Waals surface area contributed by atoms with Gasteiger partial charge >= 0.3 is 0 Å². The van der Waals surface area contributed by atoms with Gasteiger partial charge in [0.15, 0.2) is 0 Å². The number of benzene rings is 1. The number of nitrogens with two attached hydrogens (primary N) is 1. The van der Waals surface area contributed by atoms with Crippen molar-refractivity contribution >= 4 is 0 Å². The van der Waals surface area contributed by atoms with Crippen LogP contribution in [0, 0.1) is 5.82 Å². The molecule has 0 radical (unpaired) electrons. The highest BCUT2D eigenvalue weighted by atomic mass is 19.1. The predicted octanol–water partition coefficient (Wildman–Crippen LogP) is 4.20. The maximum absolute atomic E-state index is 13.0. The van der Waals surface area contributed by atoms with Gasteiger partial charge in [0.2, 0.25) is 0 Å². The first-order chi connectivity index (χ1) is 9.19. The van der Waals surface area contributed by atoms with Crippen molar-refractivity contribution in [3.05, 3.63) is 35.6 Å². The van der Waals surface area contributed by atoms with Crippen LogP contribution in [0.2, 0.25) is 0 Å². The third-order valence-corrected chi connectivity index (χ3v) is 3.35. The smallest absolute Gasteiger partial charge is 0.123 e. The number of ether oxygens (including phenoxy) is 1. The molecule has 0 bridgehead atoms. The van der Waals surface area contributed by atoms with E-state index < -0.39 is 0 Å². The molecular weight excluding hydrogens is 241 g/mol. The Hall–Kier alpha value is -0.930. The Balaban J connectivity index is 2.54. The van der Waals surface area contributed by atoms with Crippen molar-refractivity contribution < 1.29 is 9.13 Å². The van der Waals surface area contributed by atoms with Gasteiger partial charge in [-0.1, -0.05) is 45.2 Å². The molecule has 0 heterocycles. The lowest BCUT2D eigenvalue weighted by molar-refractivity contribution is 0.0311. The molecule has 1 aromatic carbocycles. The number of halogens is 1. The van der Waals surface area contributed by atoms with E-state index in [2.05, 4.69) is 6.92 Å². The van der Waals surface area contributed by atoms with Gasteiger partial charge in [0.1, 0.15) is 5.82 Å². The normalized spacial score (nSPS) is 14.3. The zero-order valence-corrected chi connectivity index (χ0v) is 12.1. The van der Waals surface area contributed by atoms with Crippen LogP contribution in [0.1, 0.15) is 57.6 Å². The van der Waals surface area contributed by atoms with E-state index in [4.69, 9.17) is 10.5 Å². The SMILES string of the molecule is CCCCCCOC(c1ccc(F)cc1)C(N)CC. The summed E-state index contributed by atoms with van der Waals surface area (Å²) in [6, 6.07) is 6.41. The zero-order valence-electron chi connectivity index (χ0n) is 12.1. The molecule has 2 nitrogen and oxygen atoms in total. The topological polar surface area (TPSA) is 35.2 Å². The second kappa shape index (κ2) is 9.05. The number of hydrogen-bond donors (Lipinski definition) is 1. The Kier molecular flexibility index (Phi) is 7.68. The summed E-state index contributed by atoms with van der Waals surface area (Å²) in [6.45, 7) is 4.95. The van der Waals surface area contributed by atoms with Crippen molar-refractivity contribution in [3.63, 3.8) is 0 Å². The first-order valence-corrected chi connectivity index (χ1v) is 7.31. The van der Waals surface area contributed by atoms with Crippen LogP contribution in [0.15, 0.2) is 24.3 Å². The molecule has 0 aliphatic carbocycles. The minimum Gasteiger partial charge on any atom is -0.372 e. The second-order valence-electron chi connectivity index (χ2n) is 4.98. The van der Waals surface area contributed by atoms with E-state index in [-0.39, 0.29) is 18.0 Å². The molecule has 0 saturated carbocycles. The van der Waals surface area contributed by atoms with E-state index >= 15 is 0 Å². The summed E-state index contributed by atoms with van der Waals surface area (Å²) < 4.78 is 18.9. The van der Waals surface area contributed by atoms with Crippen LogP contribution in [0.4, 0.5) is 4.39 Å². The number of rotatable bonds is 9. The number of hydrogen-bond acceptors (Lipinski definition) is 2. The quantitative estimate of drug-likeness (QED) is 0.680. The second-order valence-corrected chi connectivity index (χ2v) is 4.98. The molecule has 0 aromatic heterocycles. The van der Waals surface area contributed by atoms with Crippen LogP contribution < -0.4 is 5.73 Å². The Labute approximate surface area is 116 Å². The molecule has 0 spiro atoms. The summed E-state index contributed by atoms with van der Waals surface area (Å²) in [7, 11) is 0. The predicted molar refractivity (Wildman–Crippen MR) is 77.5 cm³/mol. The van der Waals surface area contributed by atoms with Crippen molar-refractivity contribution in [3.8, 4) is 0 Å². The minimum absolute atomic E-state index is 0.0448. The lowest BCUT2D eigenvalue weighted by Crippen LogP contribution is -2.29.